The standard InChI is InChI=1S/C18H34O3/c1-2-3-4-5-8-11-14-17(19)15-12-9-6-7-10-13-16-18(20)21/h11,14,17,19H,2-10,12-13,15-16H2,1H3,(H,20,21)/b14-11+/t17-/m0/s1. The minimum absolute atomic E-state index is 0.289. The Bertz CT molecular complexity index is 261. The van der Waals surface area contributed by atoms with Crippen molar-refractivity contribution in [2.75, 3.05) is 0 Å². The Labute approximate surface area is 130 Å². The number of unbranched alkanes of at least 4 members (excludes halogenated alkanes) is 9. The van der Waals surface area contributed by atoms with Crippen LogP contribution in [0.15, 0.2) is 12.2 Å². The Morgan fingerprint density at radius 2 is 1.57 bits per heavy atom. The highest BCUT2D eigenvalue weighted by molar-refractivity contribution is 5.66. The maximum atomic E-state index is 10.3. The van der Waals surface area contributed by atoms with Gasteiger partial charge in [-0.1, -0.05) is 70.4 Å². The zero-order valence-electron chi connectivity index (χ0n) is 13.7. The summed E-state index contributed by atoms with van der Waals surface area (Å²) in [7, 11) is 0. The van der Waals surface area contributed by atoms with Crippen molar-refractivity contribution in [3.05, 3.63) is 12.2 Å². The molecule has 0 fully saturated rings. The van der Waals surface area contributed by atoms with Crippen molar-refractivity contribution in [2.45, 2.75) is 96.5 Å². The lowest BCUT2D eigenvalue weighted by atomic mass is 10.1. The van der Waals surface area contributed by atoms with Crippen LogP contribution < -0.4 is 0 Å². The fourth-order valence-corrected chi connectivity index (χ4v) is 2.38. The summed E-state index contributed by atoms with van der Waals surface area (Å²) >= 11 is 0. The first-order chi connectivity index (χ1) is 10.2. The number of carboxylic acid groups (broad SMARTS) is 1. The van der Waals surface area contributed by atoms with Gasteiger partial charge in [0.1, 0.15) is 0 Å². The first-order valence-corrected chi connectivity index (χ1v) is 8.73. The number of hydrogen-bond donors (Lipinski definition) is 2. The smallest absolute Gasteiger partial charge is 0.303 e. The van der Waals surface area contributed by atoms with Crippen LogP contribution in [0, 0.1) is 0 Å². The van der Waals surface area contributed by atoms with Crippen LogP contribution in [0.4, 0.5) is 0 Å². The number of rotatable bonds is 15. The van der Waals surface area contributed by atoms with Crippen LogP contribution in [-0.4, -0.2) is 22.3 Å². The quantitative estimate of drug-likeness (QED) is 0.327. The van der Waals surface area contributed by atoms with E-state index in [0.29, 0.717) is 6.42 Å². The monoisotopic (exact) mass is 298 g/mol. The van der Waals surface area contributed by atoms with E-state index in [-0.39, 0.29) is 6.10 Å². The molecule has 0 bridgehead atoms. The highest BCUT2D eigenvalue weighted by Crippen LogP contribution is 2.11. The minimum Gasteiger partial charge on any atom is -0.481 e. The molecule has 21 heavy (non-hydrogen) atoms. The van der Waals surface area contributed by atoms with Crippen molar-refractivity contribution < 1.29 is 15.0 Å². The van der Waals surface area contributed by atoms with Crippen molar-refractivity contribution in [3.63, 3.8) is 0 Å². The molecule has 0 aliphatic rings. The molecule has 1 atom stereocenters. The van der Waals surface area contributed by atoms with Crippen molar-refractivity contribution in [2.24, 2.45) is 0 Å². The van der Waals surface area contributed by atoms with E-state index in [4.69, 9.17) is 5.11 Å². The van der Waals surface area contributed by atoms with Crippen LogP contribution in [0.25, 0.3) is 0 Å². The average Bonchev–Trinajstić information content (AvgIpc) is 2.45. The lowest BCUT2D eigenvalue weighted by molar-refractivity contribution is -0.137. The predicted molar refractivity (Wildman–Crippen MR) is 88.5 cm³/mol. The van der Waals surface area contributed by atoms with Gasteiger partial charge in [-0.2, -0.15) is 0 Å². The van der Waals surface area contributed by atoms with Crippen LogP contribution in [-0.2, 0) is 4.79 Å². The summed E-state index contributed by atoms with van der Waals surface area (Å²) < 4.78 is 0. The second-order valence-electron chi connectivity index (χ2n) is 5.90. The lowest BCUT2D eigenvalue weighted by Crippen LogP contribution is -2.01. The van der Waals surface area contributed by atoms with Crippen LogP contribution in [0.5, 0.6) is 0 Å². The maximum Gasteiger partial charge on any atom is 0.303 e. The van der Waals surface area contributed by atoms with Crippen molar-refractivity contribution in [1.82, 2.24) is 0 Å². The van der Waals surface area contributed by atoms with Crippen molar-refractivity contribution in [1.29, 1.82) is 0 Å². The molecule has 0 radical (unpaired) electrons. The van der Waals surface area contributed by atoms with Crippen molar-refractivity contribution in [3.8, 4) is 0 Å². The van der Waals surface area contributed by atoms with E-state index < -0.39 is 5.97 Å². The molecule has 124 valence electrons. The molecule has 0 saturated carbocycles. The fraction of sp³-hybridized carbons (Fsp3) is 0.833. The number of carbonyl (C=O) groups is 1. The minimum atomic E-state index is -0.695. The van der Waals surface area contributed by atoms with Gasteiger partial charge in [-0.05, 0) is 25.7 Å². The molecule has 3 nitrogen and oxygen atoms in total. The number of carboxylic acids is 1. The van der Waals surface area contributed by atoms with Crippen molar-refractivity contribution >= 4 is 5.97 Å². The first kappa shape index (κ1) is 20.2. The van der Waals surface area contributed by atoms with Gasteiger partial charge in [0, 0.05) is 6.42 Å². The summed E-state index contributed by atoms with van der Waals surface area (Å²) in [4.78, 5) is 10.3. The number of allylic oxidation sites excluding steroid dienone is 1. The Morgan fingerprint density at radius 1 is 0.952 bits per heavy atom. The number of aliphatic hydroxyl groups is 1. The summed E-state index contributed by atoms with van der Waals surface area (Å²) in [5, 5.41) is 18.3. The Hall–Kier alpha value is -0.830. The highest BCUT2D eigenvalue weighted by atomic mass is 16.4. The summed E-state index contributed by atoms with van der Waals surface area (Å²) in [5.41, 5.74) is 0. The summed E-state index contributed by atoms with van der Waals surface area (Å²) in [6, 6.07) is 0. The molecule has 0 heterocycles. The molecule has 0 aliphatic heterocycles. The third-order valence-electron chi connectivity index (χ3n) is 3.72. The molecule has 0 saturated heterocycles. The first-order valence-electron chi connectivity index (χ1n) is 8.73. The molecule has 0 aromatic carbocycles. The third-order valence-corrected chi connectivity index (χ3v) is 3.72. The van der Waals surface area contributed by atoms with Gasteiger partial charge in [-0.15, -0.1) is 0 Å². The molecule has 0 aromatic heterocycles. The normalized spacial score (nSPS) is 12.9. The molecule has 0 spiro atoms. The largest absolute Gasteiger partial charge is 0.481 e. The molecular weight excluding hydrogens is 264 g/mol. The van der Waals surface area contributed by atoms with Gasteiger partial charge in [-0.3, -0.25) is 4.79 Å². The van der Waals surface area contributed by atoms with Gasteiger partial charge in [0.15, 0.2) is 0 Å². The Morgan fingerprint density at radius 3 is 2.24 bits per heavy atom. The molecule has 0 rings (SSSR count). The van der Waals surface area contributed by atoms with Gasteiger partial charge >= 0.3 is 5.97 Å². The van der Waals surface area contributed by atoms with Crippen LogP contribution in [0.1, 0.15) is 90.4 Å². The van der Waals surface area contributed by atoms with Gasteiger partial charge in [0.25, 0.3) is 0 Å². The average molecular weight is 298 g/mol. The zero-order chi connectivity index (χ0) is 15.8. The maximum absolute atomic E-state index is 10.3. The lowest BCUT2D eigenvalue weighted by Gasteiger charge is -2.05. The van der Waals surface area contributed by atoms with Crippen LogP contribution >= 0.6 is 0 Å². The van der Waals surface area contributed by atoms with Gasteiger partial charge in [-0.25, -0.2) is 0 Å². The van der Waals surface area contributed by atoms with E-state index in [1.54, 1.807) is 0 Å². The SMILES string of the molecule is CCCCCC/C=C/[C@H](O)CCCCCCCCC(=O)O. The molecular formula is C18H34O3. The van der Waals surface area contributed by atoms with E-state index in [2.05, 4.69) is 13.0 Å². The predicted octanol–water partition coefficient (Wildman–Crippen LogP) is 5.08. The fourth-order valence-electron chi connectivity index (χ4n) is 2.38. The van der Waals surface area contributed by atoms with Gasteiger partial charge in [0.05, 0.1) is 6.10 Å². The van der Waals surface area contributed by atoms with E-state index >= 15 is 0 Å². The zero-order valence-corrected chi connectivity index (χ0v) is 13.7. The number of aliphatic hydroxyl groups excluding tert-OH is 1. The Kier molecular flexibility index (Phi) is 14.9. The molecule has 0 aromatic rings. The van der Waals surface area contributed by atoms with Gasteiger partial charge in [0.2, 0.25) is 0 Å². The van der Waals surface area contributed by atoms with E-state index in [0.717, 1.165) is 51.4 Å². The summed E-state index contributed by atoms with van der Waals surface area (Å²) in [6.45, 7) is 2.21. The molecule has 0 aliphatic carbocycles. The highest BCUT2D eigenvalue weighted by Gasteiger charge is 2.00. The summed E-state index contributed by atoms with van der Waals surface area (Å²) in [5.74, 6) is -0.695. The van der Waals surface area contributed by atoms with Gasteiger partial charge < -0.3 is 10.2 Å². The molecule has 2 N–H and O–H groups in total. The number of aliphatic carboxylic acids is 1. The second kappa shape index (κ2) is 15.6. The molecule has 3 heteroatoms. The molecule has 0 unspecified atom stereocenters. The number of hydrogen-bond acceptors (Lipinski definition) is 2. The summed E-state index contributed by atoms with van der Waals surface area (Å²) in [6.07, 6.45) is 17.3. The van der Waals surface area contributed by atoms with E-state index in [1.807, 2.05) is 6.08 Å². The Balaban J connectivity index is 3.27. The third kappa shape index (κ3) is 17.1. The second-order valence-corrected chi connectivity index (χ2v) is 5.90. The van der Waals surface area contributed by atoms with Crippen LogP contribution in [0.2, 0.25) is 0 Å². The van der Waals surface area contributed by atoms with Crippen LogP contribution in [0.3, 0.4) is 0 Å². The van der Waals surface area contributed by atoms with E-state index in [9.17, 15) is 9.90 Å². The van der Waals surface area contributed by atoms with E-state index in [1.165, 1.54) is 25.7 Å². The molecule has 0 amide bonds. The topological polar surface area (TPSA) is 57.5 Å².